The van der Waals surface area contributed by atoms with Crippen LogP contribution in [0.1, 0.15) is 23.0 Å². The van der Waals surface area contributed by atoms with Crippen LogP contribution < -0.4 is 5.32 Å². The lowest BCUT2D eigenvalue weighted by atomic mass is 10.2. The first kappa shape index (κ1) is 14.1. The van der Waals surface area contributed by atoms with Crippen LogP contribution in [0.2, 0.25) is 0 Å². The lowest BCUT2D eigenvalue weighted by Crippen LogP contribution is -2.42. The maximum atomic E-state index is 12.5. The first-order chi connectivity index (χ1) is 8.82. The van der Waals surface area contributed by atoms with E-state index in [1.165, 1.54) is 6.20 Å². The molecule has 0 aliphatic carbocycles. The molecule has 1 atom stereocenters. The van der Waals surface area contributed by atoms with Crippen LogP contribution in [0.3, 0.4) is 0 Å². The molecule has 2 heterocycles. The molecule has 1 aliphatic rings. The highest BCUT2D eigenvalue weighted by Gasteiger charge is 2.42. The number of halogens is 4. The minimum Gasteiger partial charge on any atom is -0.309 e. The van der Waals surface area contributed by atoms with Gasteiger partial charge in [-0.1, -0.05) is 0 Å². The summed E-state index contributed by atoms with van der Waals surface area (Å²) in [6.07, 6.45) is -3.31. The van der Waals surface area contributed by atoms with Gasteiger partial charge in [0.25, 0.3) is 5.91 Å². The van der Waals surface area contributed by atoms with E-state index in [2.05, 4.69) is 10.4 Å². The van der Waals surface area contributed by atoms with Crippen LogP contribution >= 0.6 is 11.8 Å². The normalized spacial score (nSPS) is 16.9. The van der Waals surface area contributed by atoms with Crippen molar-refractivity contribution in [2.75, 3.05) is 6.54 Å². The Labute approximate surface area is 112 Å². The predicted molar refractivity (Wildman–Crippen MR) is 61.5 cm³/mol. The lowest BCUT2D eigenvalue weighted by molar-refractivity contribution is -0.161. The maximum absolute atomic E-state index is 12.5. The number of fused-ring (bicyclic) bond motifs is 1. The van der Waals surface area contributed by atoms with Crippen molar-refractivity contribution in [2.45, 2.75) is 32.2 Å². The number of nitrogens with one attached hydrogen (secondary N) is 1. The van der Waals surface area contributed by atoms with E-state index in [1.807, 2.05) is 0 Å². The molecule has 1 amide bonds. The van der Waals surface area contributed by atoms with Gasteiger partial charge in [-0.05, 0) is 6.92 Å². The van der Waals surface area contributed by atoms with E-state index < -0.39 is 18.1 Å². The fraction of sp³-hybridized carbons (Fsp3) is 0.600. The van der Waals surface area contributed by atoms with Crippen molar-refractivity contribution in [1.82, 2.24) is 19.5 Å². The highest BCUT2D eigenvalue weighted by molar-refractivity contribution is 6.24. The number of carbonyl (C=O) groups is 1. The molecule has 0 radical (unpaired) electrons. The van der Waals surface area contributed by atoms with Crippen molar-refractivity contribution >= 4 is 17.7 Å². The molecular formula is C10H12ClF3N4O. The second kappa shape index (κ2) is 5.01. The van der Waals surface area contributed by atoms with E-state index in [4.69, 9.17) is 11.8 Å². The fourth-order valence-electron chi connectivity index (χ4n) is 1.78. The molecule has 9 heteroatoms. The minimum absolute atomic E-state index is 0.0956. The zero-order valence-electron chi connectivity index (χ0n) is 10.0. The molecule has 0 saturated carbocycles. The third-order valence-corrected chi connectivity index (χ3v) is 3.43. The molecule has 1 aliphatic heterocycles. The largest absolute Gasteiger partial charge is 0.410 e. The maximum Gasteiger partial charge on any atom is 0.410 e. The molecular weight excluding hydrogens is 285 g/mol. The average molecular weight is 297 g/mol. The van der Waals surface area contributed by atoms with Crippen LogP contribution in [-0.4, -0.2) is 38.9 Å². The number of amides is 1. The average Bonchev–Trinajstić information content (AvgIpc) is 2.78. The summed E-state index contributed by atoms with van der Waals surface area (Å²) >= 11 is 5.51. The Morgan fingerprint density at radius 3 is 2.95 bits per heavy atom. The second-order valence-corrected chi connectivity index (χ2v) is 4.60. The highest BCUT2D eigenvalue weighted by Crippen LogP contribution is 2.27. The highest BCUT2D eigenvalue weighted by atomic mass is 35.5. The molecule has 0 fully saturated rings. The van der Waals surface area contributed by atoms with E-state index in [9.17, 15) is 18.0 Å². The Morgan fingerprint density at radius 1 is 1.63 bits per heavy atom. The SMILES string of the molecule is CC(N(Cl)C(=O)c1cnn2c1CNCC2)C(F)(F)F. The van der Waals surface area contributed by atoms with Crippen molar-refractivity contribution in [1.29, 1.82) is 0 Å². The van der Waals surface area contributed by atoms with Crippen LogP contribution in [0, 0.1) is 0 Å². The summed E-state index contributed by atoms with van der Waals surface area (Å²) in [5.74, 6) is -0.892. The zero-order valence-corrected chi connectivity index (χ0v) is 10.8. The Balaban J connectivity index is 2.22. The summed E-state index contributed by atoms with van der Waals surface area (Å²) in [5, 5.41) is 6.99. The number of carbonyl (C=O) groups excluding carboxylic acids is 1. The summed E-state index contributed by atoms with van der Waals surface area (Å²) in [7, 11) is 0. The summed E-state index contributed by atoms with van der Waals surface area (Å²) in [4.78, 5) is 12.0. The van der Waals surface area contributed by atoms with Gasteiger partial charge in [0.2, 0.25) is 0 Å². The molecule has 1 N–H and O–H groups in total. The van der Waals surface area contributed by atoms with Crippen LogP contribution in [0.5, 0.6) is 0 Å². The number of hydrogen-bond acceptors (Lipinski definition) is 3. The van der Waals surface area contributed by atoms with Gasteiger partial charge in [0.15, 0.2) is 0 Å². The van der Waals surface area contributed by atoms with Gasteiger partial charge in [0.05, 0.1) is 24.0 Å². The summed E-state index contributed by atoms with van der Waals surface area (Å²) in [5.41, 5.74) is 0.648. The fourth-order valence-corrected chi connectivity index (χ4v) is 1.98. The number of aromatic nitrogens is 2. The Bertz CT molecular complexity index is 488. The number of alkyl halides is 3. The Morgan fingerprint density at radius 2 is 2.32 bits per heavy atom. The monoisotopic (exact) mass is 296 g/mol. The topological polar surface area (TPSA) is 50.2 Å². The van der Waals surface area contributed by atoms with Crippen LogP contribution in [-0.2, 0) is 13.1 Å². The van der Waals surface area contributed by atoms with Gasteiger partial charge in [-0.15, -0.1) is 0 Å². The summed E-state index contributed by atoms with van der Waals surface area (Å²) < 4.78 is 39.4. The Kier molecular flexibility index (Phi) is 3.73. The summed E-state index contributed by atoms with van der Waals surface area (Å²) in [6.45, 7) is 2.48. The molecule has 1 unspecified atom stereocenters. The smallest absolute Gasteiger partial charge is 0.309 e. The minimum atomic E-state index is -4.57. The zero-order chi connectivity index (χ0) is 14.2. The quantitative estimate of drug-likeness (QED) is 0.842. The second-order valence-electron chi connectivity index (χ2n) is 4.24. The molecule has 0 aromatic carbocycles. The molecule has 106 valence electrons. The standard InChI is InChI=1S/C10H12ClF3N4O/c1-6(10(12,13)14)18(11)9(19)7-4-16-17-3-2-15-5-8(7)17/h4,6,15H,2-3,5H2,1H3. The first-order valence-corrected chi connectivity index (χ1v) is 5.97. The summed E-state index contributed by atoms with van der Waals surface area (Å²) in [6, 6.07) is -2.06. The van der Waals surface area contributed by atoms with E-state index in [1.54, 1.807) is 4.68 Å². The van der Waals surface area contributed by atoms with Gasteiger partial charge in [0.1, 0.15) is 6.04 Å². The third-order valence-electron chi connectivity index (χ3n) is 2.98. The van der Waals surface area contributed by atoms with Crippen molar-refractivity contribution in [3.8, 4) is 0 Å². The van der Waals surface area contributed by atoms with Gasteiger partial charge in [0, 0.05) is 24.9 Å². The predicted octanol–water partition coefficient (Wildman–Crippen LogP) is 1.53. The van der Waals surface area contributed by atoms with Crippen LogP contribution in [0.4, 0.5) is 13.2 Å². The molecule has 1 aromatic rings. The number of rotatable bonds is 2. The number of hydrogen-bond donors (Lipinski definition) is 1. The Hall–Kier alpha value is -1.28. The molecule has 5 nitrogen and oxygen atoms in total. The molecule has 1 aromatic heterocycles. The van der Waals surface area contributed by atoms with Crippen LogP contribution in [0.15, 0.2) is 6.20 Å². The van der Waals surface area contributed by atoms with Crippen LogP contribution in [0.25, 0.3) is 0 Å². The van der Waals surface area contributed by atoms with Crippen molar-refractivity contribution < 1.29 is 18.0 Å². The third kappa shape index (κ3) is 2.69. The van der Waals surface area contributed by atoms with E-state index in [-0.39, 0.29) is 9.98 Å². The van der Waals surface area contributed by atoms with Crippen molar-refractivity contribution in [3.63, 3.8) is 0 Å². The van der Waals surface area contributed by atoms with Gasteiger partial charge in [-0.25, -0.2) is 4.42 Å². The van der Waals surface area contributed by atoms with Gasteiger partial charge < -0.3 is 5.32 Å². The molecule has 19 heavy (non-hydrogen) atoms. The van der Waals surface area contributed by atoms with Gasteiger partial charge in [-0.2, -0.15) is 18.3 Å². The van der Waals surface area contributed by atoms with Gasteiger partial charge in [-0.3, -0.25) is 9.48 Å². The molecule has 0 spiro atoms. The number of nitrogens with zero attached hydrogens (tertiary/aromatic N) is 3. The van der Waals surface area contributed by atoms with Gasteiger partial charge >= 0.3 is 6.18 Å². The first-order valence-electron chi connectivity index (χ1n) is 5.64. The van der Waals surface area contributed by atoms with E-state index >= 15 is 0 Å². The lowest BCUT2D eigenvalue weighted by Gasteiger charge is -2.24. The molecule has 0 bridgehead atoms. The van der Waals surface area contributed by atoms with Crippen molar-refractivity contribution in [2.24, 2.45) is 0 Å². The molecule has 2 rings (SSSR count). The van der Waals surface area contributed by atoms with E-state index in [0.29, 0.717) is 25.3 Å². The van der Waals surface area contributed by atoms with E-state index in [0.717, 1.165) is 6.92 Å². The molecule has 0 saturated heterocycles. The van der Waals surface area contributed by atoms with Crippen molar-refractivity contribution in [3.05, 3.63) is 17.5 Å².